The van der Waals surface area contributed by atoms with Crippen molar-refractivity contribution in [2.24, 2.45) is 4.99 Å². The summed E-state index contributed by atoms with van der Waals surface area (Å²) < 4.78 is 0. The number of benzene rings is 7. The molecule has 0 fully saturated rings. The van der Waals surface area contributed by atoms with Gasteiger partial charge in [-0.3, -0.25) is 9.98 Å². The summed E-state index contributed by atoms with van der Waals surface area (Å²) in [5, 5.41) is 7.75. The van der Waals surface area contributed by atoms with Crippen molar-refractivity contribution in [1.29, 1.82) is 0 Å². The molecular weight excluding hydrogens is 556 g/mol. The molecule has 7 aromatic carbocycles. The van der Waals surface area contributed by atoms with Gasteiger partial charge in [0.15, 0.2) is 0 Å². The fraction of sp³-hybridized carbons (Fsp3) is 0.0455. The minimum absolute atomic E-state index is 0.223. The minimum atomic E-state index is 0.223. The van der Waals surface area contributed by atoms with Crippen LogP contribution in [0.2, 0.25) is 0 Å². The molecule has 0 saturated heterocycles. The predicted molar refractivity (Wildman–Crippen MR) is 194 cm³/mol. The van der Waals surface area contributed by atoms with Crippen LogP contribution in [-0.2, 0) is 0 Å². The van der Waals surface area contributed by atoms with E-state index in [9.17, 15) is 0 Å². The molecule has 2 heteroatoms. The Morgan fingerprint density at radius 3 is 1.96 bits per heavy atom. The van der Waals surface area contributed by atoms with Crippen molar-refractivity contribution >= 4 is 43.7 Å². The summed E-state index contributed by atoms with van der Waals surface area (Å²) in [5.74, 6) is 0.223. The van der Waals surface area contributed by atoms with Gasteiger partial charge in [0, 0.05) is 29.8 Å². The Morgan fingerprint density at radius 2 is 1.17 bits per heavy atom. The molecule has 8 aromatic rings. The van der Waals surface area contributed by atoms with E-state index in [0.29, 0.717) is 0 Å². The zero-order valence-electron chi connectivity index (χ0n) is 25.3. The SMILES string of the molecule is C1=C(c2ccccc2)N=C(c2cc(-c3ccccn3)cc(-c3ccc4ccc5cccc6ccc3c4c56)c2)CC1c1ccccc1. The first-order valence-corrected chi connectivity index (χ1v) is 15.9. The topological polar surface area (TPSA) is 25.2 Å². The Morgan fingerprint density at radius 1 is 0.500 bits per heavy atom. The van der Waals surface area contributed by atoms with Crippen molar-refractivity contribution in [1.82, 2.24) is 4.98 Å². The lowest BCUT2D eigenvalue weighted by Gasteiger charge is -2.23. The lowest BCUT2D eigenvalue weighted by molar-refractivity contribution is 0.879. The molecule has 0 spiro atoms. The molecule has 0 N–H and O–H groups in total. The van der Waals surface area contributed by atoms with E-state index in [4.69, 9.17) is 9.98 Å². The van der Waals surface area contributed by atoms with E-state index in [1.54, 1.807) is 0 Å². The van der Waals surface area contributed by atoms with E-state index in [2.05, 4.69) is 152 Å². The second-order valence-electron chi connectivity index (χ2n) is 12.2. The van der Waals surface area contributed by atoms with Crippen molar-refractivity contribution in [2.75, 3.05) is 0 Å². The Bertz CT molecular complexity index is 2410. The number of rotatable bonds is 5. The first kappa shape index (κ1) is 26.5. The average molecular weight is 587 g/mol. The van der Waals surface area contributed by atoms with Gasteiger partial charge in [-0.05, 0) is 90.5 Å². The van der Waals surface area contributed by atoms with Crippen LogP contribution in [0.5, 0.6) is 0 Å². The van der Waals surface area contributed by atoms with Crippen LogP contribution in [0.1, 0.15) is 29.0 Å². The number of allylic oxidation sites excluding steroid dienone is 1. The maximum absolute atomic E-state index is 5.35. The van der Waals surface area contributed by atoms with Gasteiger partial charge >= 0.3 is 0 Å². The molecule has 0 bridgehead atoms. The highest BCUT2D eigenvalue weighted by Crippen LogP contribution is 2.41. The second-order valence-corrected chi connectivity index (χ2v) is 12.2. The molecule has 0 saturated carbocycles. The molecule has 1 aromatic heterocycles. The van der Waals surface area contributed by atoms with Crippen molar-refractivity contribution in [2.45, 2.75) is 12.3 Å². The lowest BCUT2D eigenvalue weighted by Crippen LogP contribution is -2.13. The van der Waals surface area contributed by atoms with Crippen LogP contribution in [0.4, 0.5) is 0 Å². The third-order valence-corrected chi connectivity index (χ3v) is 9.39. The predicted octanol–water partition coefficient (Wildman–Crippen LogP) is 11.3. The Kier molecular flexibility index (Phi) is 6.31. The van der Waals surface area contributed by atoms with Crippen molar-refractivity contribution < 1.29 is 0 Å². The molecule has 0 amide bonds. The van der Waals surface area contributed by atoms with Crippen LogP contribution in [0.3, 0.4) is 0 Å². The molecule has 1 aliphatic heterocycles. The fourth-order valence-corrected chi connectivity index (χ4v) is 7.17. The molecule has 1 unspecified atom stereocenters. The molecule has 46 heavy (non-hydrogen) atoms. The van der Waals surface area contributed by atoms with Crippen LogP contribution in [-0.4, -0.2) is 10.7 Å². The van der Waals surface area contributed by atoms with Gasteiger partial charge in [-0.1, -0.05) is 127 Å². The fourth-order valence-electron chi connectivity index (χ4n) is 7.17. The van der Waals surface area contributed by atoms with Gasteiger partial charge in [0.1, 0.15) is 0 Å². The van der Waals surface area contributed by atoms with Crippen LogP contribution in [0.25, 0.3) is 60.4 Å². The minimum Gasteiger partial charge on any atom is -0.256 e. The van der Waals surface area contributed by atoms with E-state index >= 15 is 0 Å². The Hall–Kier alpha value is -5.86. The second kappa shape index (κ2) is 10.9. The van der Waals surface area contributed by atoms with Gasteiger partial charge in [0.2, 0.25) is 0 Å². The van der Waals surface area contributed by atoms with Crippen molar-refractivity contribution in [3.05, 3.63) is 181 Å². The molecule has 2 heterocycles. The normalized spacial score (nSPS) is 14.9. The zero-order chi connectivity index (χ0) is 30.5. The van der Waals surface area contributed by atoms with E-state index in [1.165, 1.54) is 49.0 Å². The van der Waals surface area contributed by atoms with E-state index in [-0.39, 0.29) is 5.92 Å². The van der Waals surface area contributed by atoms with Gasteiger partial charge in [-0.2, -0.15) is 0 Å². The molecule has 0 aliphatic carbocycles. The number of aromatic nitrogens is 1. The van der Waals surface area contributed by atoms with Gasteiger partial charge in [0.25, 0.3) is 0 Å². The van der Waals surface area contributed by atoms with Crippen LogP contribution < -0.4 is 0 Å². The Labute approximate surface area is 268 Å². The van der Waals surface area contributed by atoms with Crippen molar-refractivity contribution in [3.8, 4) is 22.4 Å². The highest BCUT2D eigenvalue weighted by atomic mass is 14.8. The van der Waals surface area contributed by atoms with Crippen LogP contribution in [0, 0.1) is 0 Å². The first-order chi connectivity index (χ1) is 22.8. The maximum atomic E-state index is 5.35. The summed E-state index contributed by atoms with van der Waals surface area (Å²) in [6.45, 7) is 0. The first-order valence-electron chi connectivity index (χ1n) is 15.9. The Balaban J connectivity index is 1.27. The summed E-state index contributed by atoms with van der Waals surface area (Å²) >= 11 is 0. The summed E-state index contributed by atoms with van der Waals surface area (Å²) in [6, 6.07) is 54.6. The van der Waals surface area contributed by atoms with Gasteiger partial charge < -0.3 is 0 Å². The molecular formula is C44H30N2. The molecule has 2 nitrogen and oxygen atoms in total. The third kappa shape index (κ3) is 4.58. The third-order valence-electron chi connectivity index (χ3n) is 9.39. The number of hydrogen-bond acceptors (Lipinski definition) is 2. The average Bonchev–Trinajstić information content (AvgIpc) is 3.14. The summed E-state index contributed by atoms with van der Waals surface area (Å²) in [4.78, 5) is 10.1. The summed E-state index contributed by atoms with van der Waals surface area (Å²) in [6.07, 6.45) is 5.03. The van der Waals surface area contributed by atoms with Gasteiger partial charge in [-0.25, -0.2) is 0 Å². The van der Waals surface area contributed by atoms with Crippen LogP contribution >= 0.6 is 0 Å². The van der Waals surface area contributed by atoms with Gasteiger partial charge in [0.05, 0.1) is 11.4 Å². The standard InChI is InChI=1S/C44H30N2/c1-3-10-29(11-4-1)34-27-41(30-12-5-2-6-13-30)46-42(28-34)37-25-35(24-36(26-37)40-16-7-8-23-45-40)38-21-19-33-18-17-31-14-9-15-32-20-22-39(38)44(33)43(31)32/h1-27,34H,28H2. The smallest absolute Gasteiger partial charge is 0.0702 e. The number of nitrogens with zero attached hydrogens (tertiary/aromatic N) is 2. The highest BCUT2D eigenvalue weighted by molar-refractivity contribution is 6.25. The highest BCUT2D eigenvalue weighted by Gasteiger charge is 2.22. The van der Waals surface area contributed by atoms with E-state index < -0.39 is 0 Å². The molecule has 1 atom stereocenters. The molecule has 9 rings (SSSR count). The lowest BCUT2D eigenvalue weighted by atomic mass is 9.85. The van der Waals surface area contributed by atoms with Crippen LogP contribution in [0.15, 0.2) is 169 Å². The van der Waals surface area contributed by atoms with Gasteiger partial charge in [-0.15, -0.1) is 0 Å². The quantitative estimate of drug-likeness (QED) is 0.184. The summed E-state index contributed by atoms with van der Waals surface area (Å²) in [7, 11) is 0. The molecule has 0 radical (unpaired) electrons. The largest absolute Gasteiger partial charge is 0.256 e. The van der Waals surface area contributed by atoms with E-state index in [1.807, 2.05) is 12.3 Å². The molecule has 1 aliphatic rings. The zero-order valence-corrected chi connectivity index (χ0v) is 25.3. The molecule has 216 valence electrons. The number of hydrogen-bond donors (Lipinski definition) is 0. The number of aliphatic imine (C=N–C) groups is 1. The number of pyridine rings is 1. The van der Waals surface area contributed by atoms with E-state index in [0.717, 1.165) is 40.2 Å². The van der Waals surface area contributed by atoms with Crippen molar-refractivity contribution in [3.63, 3.8) is 0 Å². The summed E-state index contributed by atoms with van der Waals surface area (Å²) in [5.41, 5.74) is 10.1. The monoisotopic (exact) mass is 586 g/mol. The maximum Gasteiger partial charge on any atom is 0.0702 e.